The van der Waals surface area contributed by atoms with Crippen molar-refractivity contribution in [2.75, 3.05) is 12.4 Å². The molecule has 7 heteroatoms. The van der Waals surface area contributed by atoms with Crippen LogP contribution in [0.2, 0.25) is 0 Å². The zero-order valence-corrected chi connectivity index (χ0v) is 17.4. The maximum Gasteiger partial charge on any atom is 0.343 e. The van der Waals surface area contributed by atoms with E-state index in [0.717, 1.165) is 16.8 Å². The number of hydrazone groups is 1. The summed E-state index contributed by atoms with van der Waals surface area (Å²) in [7, 11) is 1.51. The molecule has 0 spiro atoms. The summed E-state index contributed by atoms with van der Waals surface area (Å²) in [6.07, 6.45) is 1.59. The SMILES string of the molecule is COc1cc(/C=N/NC(=S)Nc2ccccc2)ccc1OC(=O)c1ccc(C)cc1. The third-order valence-electron chi connectivity index (χ3n) is 4.09. The summed E-state index contributed by atoms with van der Waals surface area (Å²) in [6, 6.07) is 21.9. The van der Waals surface area contributed by atoms with Gasteiger partial charge in [-0.25, -0.2) is 4.79 Å². The van der Waals surface area contributed by atoms with Gasteiger partial charge in [0.15, 0.2) is 16.6 Å². The van der Waals surface area contributed by atoms with Crippen molar-refractivity contribution in [3.63, 3.8) is 0 Å². The third kappa shape index (κ3) is 5.89. The van der Waals surface area contributed by atoms with Gasteiger partial charge in [-0.05, 0) is 67.2 Å². The molecule has 0 aliphatic carbocycles. The lowest BCUT2D eigenvalue weighted by molar-refractivity contribution is 0.0729. The number of hydrogen-bond acceptors (Lipinski definition) is 5. The number of esters is 1. The first-order valence-corrected chi connectivity index (χ1v) is 9.58. The van der Waals surface area contributed by atoms with Crippen LogP contribution in [0.15, 0.2) is 77.9 Å². The van der Waals surface area contributed by atoms with Gasteiger partial charge in [-0.2, -0.15) is 5.10 Å². The monoisotopic (exact) mass is 419 g/mol. The number of hydrogen-bond donors (Lipinski definition) is 2. The Hall–Kier alpha value is -3.71. The number of carbonyl (C=O) groups is 1. The molecule has 6 nitrogen and oxygen atoms in total. The van der Waals surface area contributed by atoms with Crippen molar-refractivity contribution in [3.05, 3.63) is 89.5 Å². The predicted octanol–water partition coefficient (Wildman–Crippen LogP) is 4.54. The molecule has 152 valence electrons. The molecule has 2 N–H and O–H groups in total. The Morgan fingerprint density at radius 3 is 2.43 bits per heavy atom. The van der Waals surface area contributed by atoms with Crippen molar-refractivity contribution < 1.29 is 14.3 Å². The first-order valence-electron chi connectivity index (χ1n) is 9.17. The Morgan fingerprint density at radius 2 is 1.73 bits per heavy atom. The zero-order chi connectivity index (χ0) is 21.3. The summed E-state index contributed by atoms with van der Waals surface area (Å²) < 4.78 is 10.8. The summed E-state index contributed by atoms with van der Waals surface area (Å²) in [5.74, 6) is 0.299. The lowest BCUT2D eigenvalue weighted by atomic mass is 10.1. The van der Waals surface area contributed by atoms with Crippen LogP contribution in [-0.2, 0) is 0 Å². The number of carbonyl (C=O) groups excluding carboxylic acids is 1. The predicted molar refractivity (Wildman–Crippen MR) is 123 cm³/mol. The van der Waals surface area contributed by atoms with Crippen molar-refractivity contribution in [3.8, 4) is 11.5 Å². The van der Waals surface area contributed by atoms with Crippen molar-refractivity contribution in [2.45, 2.75) is 6.92 Å². The molecule has 0 unspecified atom stereocenters. The number of ether oxygens (including phenoxy) is 2. The molecule has 0 saturated heterocycles. The molecule has 3 rings (SSSR count). The van der Waals surface area contributed by atoms with Crippen molar-refractivity contribution in [2.24, 2.45) is 5.10 Å². The van der Waals surface area contributed by atoms with E-state index in [1.165, 1.54) is 7.11 Å². The molecule has 0 fully saturated rings. The summed E-state index contributed by atoms with van der Waals surface area (Å²) in [5, 5.41) is 7.51. The van der Waals surface area contributed by atoms with Gasteiger partial charge in [0.1, 0.15) is 0 Å². The van der Waals surface area contributed by atoms with E-state index >= 15 is 0 Å². The number of benzene rings is 3. The van der Waals surface area contributed by atoms with Gasteiger partial charge in [0.25, 0.3) is 0 Å². The second kappa shape index (κ2) is 10.2. The molecule has 3 aromatic carbocycles. The van der Waals surface area contributed by atoms with E-state index in [1.54, 1.807) is 36.5 Å². The number of rotatable bonds is 6. The van der Waals surface area contributed by atoms with Crippen LogP contribution >= 0.6 is 12.2 Å². The number of para-hydroxylation sites is 1. The molecule has 0 aliphatic rings. The van der Waals surface area contributed by atoms with Crippen LogP contribution in [0.25, 0.3) is 0 Å². The lowest BCUT2D eigenvalue weighted by Gasteiger charge is -2.10. The van der Waals surface area contributed by atoms with Crippen LogP contribution in [0.5, 0.6) is 11.5 Å². The first-order chi connectivity index (χ1) is 14.5. The standard InChI is InChI=1S/C23H21N3O3S/c1-16-8-11-18(12-9-16)22(27)29-20-13-10-17(14-21(20)28-2)15-24-26-23(30)25-19-6-4-3-5-7-19/h3-15H,1-2H3,(H2,25,26,30)/b24-15+. The second-order valence-corrected chi connectivity index (χ2v) is 6.76. The Balaban J connectivity index is 1.62. The minimum atomic E-state index is -0.450. The largest absolute Gasteiger partial charge is 0.493 e. The van der Waals surface area contributed by atoms with Gasteiger partial charge >= 0.3 is 5.97 Å². The summed E-state index contributed by atoms with van der Waals surface area (Å²) in [4.78, 5) is 12.3. The molecule has 3 aromatic rings. The number of methoxy groups -OCH3 is 1. The molecule has 0 atom stereocenters. The fourth-order valence-corrected chi connectivity index (χ4v) is 2.71. The quantitative estimate of drug-likeness (QED) is 0.201. The van der Waals surface area contributed by atoms with Crippen molar-refractivity contribution in [1.82, 2.24) is 5.43 Å². The molecule has 0 radical (unpaired) electrons. The maximum absolute atomic E-state index is 12.3. The smallest absolute Gasteiger partial charge is 0.343 e. The molecular formula is C23H21N3O3S. The van der Waals surface area contributed by atoms with Crippen molar-refractivity contribution in [1.29, 1.82) is 0 Å². The minimum absolute atomic E-state index is 0.328. The highest BCUT2D eigenvalue weighted by molar-refractivity contribution is 7.80. The molecule has 0 aliphatic heterocycles. The highest BCUT2D eigenvalue weighted by Crippen LogP contribution is 2.28. The maximum atomic E-state index is 12.3. The number of nitrogens with zero attached hydrogens (tertiary/aromatic N) is 1. The van der Waals surface area contributed by atoms with E-state index in [0.29, 0.717) is 22.2 Å². The molecular weight excluding hydrogens is 398 g/mol. The van der Waals surface area contributed by atoms with Crippen LogP contribution < -0.4 is 20.2 Å². The van der Waals surface area contributed by atoms with Crippen LogP contribution in [0.3, 0.4) is 0 Å². The number of thiocarbonyl (C=S) groups is 1. The van der Waals surface area contributed by atoms with Crippen LogP contribution in [0, 0.1) is 6.92 Å². The normalized spacial score (nSPS) is 10.5. The van der Waals surface area contributed by atoms with E-state index in [-0.39, 0.29) is 0 Å². The van der Waals surface area contributed by atoms with Crippen molar-refractivity contribution >= 4 is 35.2 Å². The van der Waals surface area contributed by atoms with Gasteiger partial charge in [0, 0.05) is 5.69 Å². The summed E-state index contributed by atoms with van der Waals surface area (Å²) in [5.41, 5.74) is 5.91. The van der Waals surface area contributed by atoms with Crippen LogP contribution in [0.4, 0.5) is 5.69 Å². The molecule has 0 amide bonds. The fraction of sp³-hybridized carbons (Fsp3) is 0.0870. The Morgan fingerprint density at radius 1 is 1.00 bits per heavy atom. The molecule has 0 heterocycles. The highest BCUT2D eigenvalue weighted by atomic mass is 32.1. The first kappa shape index (κ1) is 21.0. The lowest BCUT2D eigenvalue weighted by Crippen LogP contribution is -2.23. The van der Waals surface area contributed by atoms with Crippen LogP contribution in [-0.4, -0.2) is 24.4 Å². The van der Waals surface area contributed by atoms with Gasteiger partial charge in [-0.15, -0.1) is 0 Å². The fourth-order valence-electron chi connectivity index (χ4n) is 2.54. The van der Waals surface area contributed by atoms with E-state index in [9.17, 15) is 4.79 Å². The van der Waals surface area contributed by atoms with Gasteiger partial charge in [-0.3, -0.25) is 5.43 Å². The minimum Gasteiger partial charge on any atom is -0.493 e. The third-order valence-corrected chi connectivity index (χ3v) is 4.28. The molecule has 30 heavy (non-hydrogen) atoms. The molecule has 0 bridgehead atoms. The van der Waals surface area contributed by atoms with E-state index in [1.807, 2.05) is 49.4 Å². The summed E-state index contributed by atoms with van der Waals surface area (Å²) >= 11 is 5.20. The Kier molecular flexibility index (Phi) is 7.13. The molecule has 0 aromatic heterocycles. The summed E-state index contributed by atoms with van der Waals surface area (Å²) in [6.45, 7) is 1.96. The topological polar surface area (TPSA) is 71.9 Å². The number of nitrogens with one attached hydrogen (secondary N) is 2. The van der Waals surface area contributed by atoms with E-state index in [4.69, 9.17) is 21.7 Å². The number of aryl methyl sites for hydroxylation is 1. The number of anilines is 1. The Bertz CT molecular complexity index is 1050. The Labute approximate surface area is 180 Å². The average molecular weight is 420 g/mol. The van der Waals surface area contributed by atoms with Gasteiger partial charge < -0.3 is 14.8 Å². The average Bonchev–Trinajstić information content (AvgIpc) is 2.75. The van der Waals surface area contributed by atoms with Crippen LogP contribution in [0.1, 0.15) is 21.5 Å². The van der Waals surface area contributed by atoms with Gasteiger partial charge in [0.2, 0.25) is 0 Å². The molecule has 0 saturated carbocycles. The zero-order valence-electron chi connectivity index (χ0n) is 16.6. The second-order valence-electron chi connectivity index (χ2n) is 6.36. The van der Waals surface area contributed by atoms with E-state index < -0.39 is 5.97 Å². The van der Waals surface area contributed by atoms with E-state index in [2.05, 4.69) is 15.8 Å². The highest BCUT2D eigenvalue weighted by Gasteiger charge is 2.12. The van der Waals surface area contributed by atoms with Gasteiger partial charge in [0.05, 0.1) is 18.9 Å². The van der Waals surface area contributed by atoms with Gasteiger partial charge in [-0.1, -0.05) is 35.9 Å².